The molecule has 0 spiro atoms. The number of hydrogen-bond acceptors (Lipinski definition) is 2. The monoisotopic (exact) mass is 294 g/mol. The molecule has 112 valence electrons. The van der Waals surface area contributed by atoms with Gasteiger partial charge in [0, 0.05) is 39.2 Å². The molecule has 1 amide bonds. The van der Waals surface area contributed by atoms with E-state index in [9.17, 15) is 4.79 Å². The molecule has 0 aliphatic rings. The third-order valence-electron chi connectivity index (χ3n) is 3.63. The molecular formula is C17H18N4O. The first kappa shape index (κ1) is 14.1. The van der Waals surface area contributed by atoms with Crippen LogP contribution in [0.15, 0.2) is 61.1 Å². The molecule has 0 aliphatic carbocycles. The Morgan fingerprint density at radius 1 is 1.14 bits per heavy atom. The van der Waals surface area contributed by atoms with Crippen LogP contribution < -0.4 is 0 Å². The Hall–Kier alpha value is -2.82. The topological polar surface area (TPSA) is 43.1 Å². The molecular weight excluding hydrogens is 276 g/mol. The van der Waals surface area contributed by atoms with E-state index in [0.29, 0.717) is 12.2 Å². The van der Waals surface area contributed by atoms with Gasteiger partial charge in [-0.2, -0.15) is 5.10 Å². The van der Waals surface area contributed by atoms with Crippen molar-refractivity contribution in [3.63, 3.8) is 0 Å². The second-order valence-corrected chi connectivity index (χ2v) is 5.28. The summed E-state index contributed by atoms with van der Waals surface area (Å²) in [6, 6.07) is 13.6. The molecule has 0 N–H and O–H groups in total. The standard InChI is InChI=1S/C17H18N4O/c1-19-11-3-5-16(19)17(22)20(2)13-14-6-8-15(9-7-14)21-12-4-10-18-21/h3-12H,13H2,1-2H3. The first-order valence-electron chi connectivity index (χ1n) is 7.11. The van der Waals surface area contributed by atoms with Gasteiger partial charge in [-0.05, 0) is 35.9 Å². The van der Waals surface area contributed by atoms with Crippen LogP contribution in [0.4, 0.5) is 0 Å². The number of amides is 1. The molecule has 2 aromatic heterocycles. The smallest absolute Gasteiger partial charge is 0.270 e. The van der Waals surface area contributed by atoms with Crippen molar-refractivity contribution in [2.24, 2.45) is 7.05 Å². The Bertz CT molecular complexity index is 756. The molecule has 0 fully saturated rings. The number of carbonyl (C=O) groups excluding carboxylic acids is 1. The highest BCUT2D eigenvalue weighted by Gasteiger charge is 2.14. The lowest BCUT2D eigenvalue weighted by atomic mass is 10.2. The zero-order valence-corrected chi connectivity index (χ0v) is 12.7. The average molecular weight is 294 g/mol. The minimum Gasteiger partial charge on any atom is -0.347 e. The molecule has 0 saturated carbocycles. The minimum absolute atomic E-state index is 0.0173. The fraction of sp³-hybridized carbons (Fsp3) is 0.176. The van der Waals surface area contributed by atoms with E-state index >= 15 is 0 Å². The SMILES string of the molecule is CN(Cc1ccc(-n2cccn2)cc1)C(=O)c1cccn1C. The van der Waals surface area contributed by atoms with Crippen LogP contribution in [0.5, 0.6) is 0 Å². The maximum absolute atomic E-state index is 12.4. The normalized spacial score (nSPS) is 10.6. The molecule has 5 heteroatoms. The molecule has 0 saturated heterocycles. The van der Waals surface area contributed by atoms with Crippen LogP contribution in [0.1, 0.15) is 16.1 Å². The third-order valence-corrected chi connectivity index (χ3v) is 3.63. The van der Waals surface area contributed by atoms with Gasteiger partial charge in [0.25, 0.3) is 5.91 Å². The van der Waals surface area contributed by atoms with Crippen molar-refractivity contribution in [3.05, 3.63) is 72.3 Å². The van der Waals surface area contributed by atoms with E-state index in [-0.39, 0.29) is 5.91 Å². The highest BCUT2D eigenvalue weighted by Crippen LogP contribution is 2.12. The zero-order chi connectivity index (χ0) is 15.5. The van der Waals surface area contributed by atoms with Crippen LogP contribution in [0, 0.1) is 0 Å². The van der Waals surface area contributed by atoms with Crippen molar-refractivity contribution < 1.29 is 4.79 Å². The number of hydrogen-bond donors (Lipinski definition) is 0. The molecule has 22 heavy (non-hydrogen) atoms. The summed E-state index contributed by atoms with van der Waals surface area (Å²) < 4.78 is 3.64. The zero-order valence-electron chi connectivity index (χ0n) is 12.7. The van der Waals surface area contributed by atoms with Crippen molar-refractivity contribution in [1.29, 1.82) is 0 Å². The van der Waals surface area contributed by atoms with E-state index in [1.807, 2.05) is 78.2 Å². The molecule has 0 aliphatic heterocycles. The Morgan fingerprint density at radius 2 is 1.91 bits per heavy atom. The third kappa shape index (κ3) is 2.79. The molecule has 5 nitrogen and oxygen atoms in total. The Morgan fingerprint density at radius 3 is 2.50 bits per heavy atom. The fourth-order valence-corrected chi connectivity index (χ4v) is 2.40. The summed E-state index contributed by atoms with van der Waals surface area (Å²) in [5.74, 6) is 0.0173. The van der Waals surface area contributed by atoms with Crippen molar-refractivity contribution in [2.75, 3.05) is 7.05 Å². The van der Waals surface area contributed by atoms with Gasteiger partial charge in [-0.15, -0.1) is 0 Å². The maximum atomic E-state index is 12.4. The lowest BCUT2D eigenvalue weighted by molar-refractivity contribution is 0.0775. The van der Waals surface area contributed by atoms with Crippen LogP contribution in [0.2, 0.25) is 0 Å². The Balaban J connectivity index is 1.70. The number of nitrogens with zero attached hydrogens (tertiary/aromatic N) is 4. The van der Waals surface area contributed by atoms with Gasteiger partial charge in [0.05, 0.1) is 5.69 Å². The summed E-state index contributed by atoms with van der Waals surface area (Å²) in [4.78, 5) is 14.1. The quantitative estimate of drug-likeness (QED) is 0.742. The molecule has 1 aromatic carbocycles. The van der Waals surface area contributed by atoms with Gasteiger partial charge in [0.1, 0.15) is 5.69 Å². The Kier molecular flexibility index (Phi) is 3.78. The molecule has 0 bridgehead atoms. The van der Waals surface area contributed by atoms with Gasteiger partial charge < -0.3 is 9.47 Å². The molecule has 0 unspecified atom stereocenters. The van der Waals surface area contributed by atoms with Crippen LogP contribution in [-0.4, -0.2) is 32.2 Å². The van der Waals surface area contributed by atoms with Crippen LogP contribution in [0.3, 0.4) is 0 Å². The van der Waals surface area contributed by atoms with Crippen molar-refractivity contribution in [2.45, 2.75) is 6.54 Å². The highest BCUT2D eigenvalue weighted by molar-refractivity contribution is 5.92. The second-order valence-electron chi connectivity index (χ2n) is 5.28. The lowest BCUT2D eigenvalue weighted by Crippen LogP contribution is -2.27. The Labute approximate surface area is 129 Å². The summed E-state index contributed by atoms with van der Waals surface area (Å²) >= 11 is 0. The summed E-state index contributed by atoms with van der Waals surface area (Å²) in [5, 5.41) is 4.20. The van der Waals surface area contributed by atoms with Gasteiger partial charge in [0.2, 0.25) is 0 Å². The molecule has 3 rings (SSSR count). The van der Waals surface area contributed by atoms with Gasteiger partial charge in [-0.1, -0.05) is 12.1 Å². The first-order valence-corrected chi connectivity index (χ1v) is 7.11. The predicted octanol–water partition coefficient (Wildman–Crippen LogP) is 2.48. The van der Waals surface area contributed by atoms with E-state index < -0.39 is 0 Å². The van der Waals surface area contributed by atoms with Crippen LogP contribution >= 0.6 is 0 Å². The fourth-order valence-electron chi connectivity index (χ4n) is 2.40. The summed E-state index contributed by atoms with van der Waals surface area (Å²) in [6.45, 7) is 0.573. The van der Waals surface area contributed by atoms with Crippen LogP contribution in [0.25, 0.3) is 5.69 Å². The van der Waals surface area contributed by atoms with Crippen molar-refractivity contribution in [1.82, 2.24) is 19.2 Å². The van der Waals surface area contributed by atoms with E-state index in [0.717, 1.165) is 11.3 Å². The largest absolute Gasteiger partial charge is 0.347 e. The summed E-state index contributed by atoms with van der Waals surface area (Å²) in [6.07, 6.45) is 5.53. The predicted molar refractivity (Wildman–Crippen MR) is 84.8 cm³/mol. The number of benzene rings is 1. The molecule has 3 aromatic rings. The summed E-state index contributed by atoms with van der Waals surface area (Å²) in [5.41, 5.74) is 2.78. The van der Waals surface area contributed by atoms with Gasteiger partial charge in [-0.3, -0.25) is 4.79 Å². The number of carbonyl (C=O) groups is 1. The average Bonchev–Trinajstić information content (AvgIpc) is 3.18. The van der Waals surface area contributed by atoms with E-state index in [1.54, 1.807) is 11.1 Å². The van der Waals surface area contributed by atoms with E-state index in [4.69, 9.17) is 0 Å². The first-order chi connectivity index (χ1) is 10.6. The molecule has 0 atom stereocenters. The van der Waals surface area contributed by atoms with E-state index in [2.05, 4.69) is 5.10 Å². The lowest BCUT2D eigenvalue weighted by Gasteiger charge is -2.18. The number of rotatable bonds is 4. The highest BCUT2D eigenvalue weighted by atomic mass is 16.2. The van der Waals surface area contributed by atoms with Gasteiger partial charge in [0.15, 0.2) is 0 Å². The second kappa shape index (κ2) is 5.89. The number of aryl methyl sites for hydroxylation is 1. The molecule has 0 radical (unpaired) electrons. The van der Waals surface area contributed by atoms with Crippen LogP contribution in [-0.2, 0) is 13.6 Å². The maximum Gasteiger partial charge on any atom is 0.270 e. The molecule has 2 heterocycles. The van der Waals surface area contributed by atoms with Crippen molar-refractivity contribution >= 4 is 5.91 Å². The minimum atomic E-state index is 0.0173. The summed E-state index contributed by atoms with van der Waals surface area (Å²) in [7, 11) is 3.69. The van der Waals surface area contributed by atoms with E-state index in [1.165, 1.54) is 0 Å². The van der Waals surface area contributed by atoms with Gasteiger partial charge in [-0.25, -0.2) is 4.68 Å². The van der Waals surface area contributed by atoms with Crippen molar-refractivity contribution in [3.8, 4) is 5.69 Å². The number of aromatic nitrogens is 3. The van der Waals surface area contributed by atoms with Gasteiger partial charge >= 0.3 is 0 Å².